The zero-order chi connectivity index (χ0) is 10.5. The Hall–Kier alpha value is -1.35. The van der Waals surface area contributed by atoms with E-state index in [0.29, 0.717) is 5.92 Å². The van der Waals surface area contributed by atoms with Gasteiger partial charge in [0.15, 0.2) is 0 Å². The lowest BCUT2D eigenvalue weighted by Gasteiger charge is -2.23. The maximum atomic E-state index is 10.3. The Morgan fingerprint density at radius 1 is 1.33 bits per heavy atom. The summed E-state index contributed by atoms with van der Waals surface area (Å²) in [6.45, 7) is 2.19. The minimum atomic E-state index is 0.639. The summed E-state index contributed by atoms with van der Waals surface area (Å²) in [5.41, 5.74) is 2.23. The topological polar surface area (TPSA) is 41.1 Å². The zero-order valence-corrected chi connectivity index (χ0v) is 8.70. The maximum absolute atomic E-state index is 10.3. The van der Waals surface area contributed by atoms with Crippen LogP contribution in [0.5, 0.6) is 0 Å². The number of amides is 1. The quantitative estimate of drug-likeness (QED) is 0.736. The van der Waals surface area contributed by atoms with Crippen LogP contribution in [0.1, 0.15) is 24.3 Å². The summed E-state index contributed by atoms with van der Waals surface area (Å²) in [6.07, 6.45) is 3.09. The van der Waals surface area contributed by atoms with Crippen molar-refractivity contribution in [3.63, 3.8) is 0 Å². The molecule has 0 atom stereocenters. The molecule has 1 aromatic rings. The fraction of sp³-hybridized carbons (Fsp3) is 0.417. The van der Waals surface area contributed by atoms with Crippen molar-refractivity contribution in [2.45, 2.75) is 18.8 Å². The Morgan fingerprint density at radius 3 is 2.87 bits per heavy atom. The van der Waals surface area contributed by atoms with Gasteiger partial charge in [0.05, 0.1) is 0 Å². The highest BCUT2D eigenvalue weighted by Gasteiger charge is 2.14. The summed E-state index contributed by atoms with van der Waals surface area (Å²) in [5.74, 6) is 0.639. The number of hydrogen-bond donors (Lipinski definition) is 2. The molecule has 2 rings (SSSR count). The fourth-order valence-electron chi connectivity index (χ4n) is 2.11. The van der Waals surface area contributed by atoms with Gasteiger partial charge in [-0.1, -0.05) is 12.1 Å². The third kappa shape index (κ3) is 2.57. The van der Waals surface area contributed by atoms with Crippen LogP contribution in [-0.2, 0) is 4.79 Å². The van der Waals surface area contributed by atoms with Gasteiger partial charge in [0, 0.05) is 5.69 Å². The van der Waals surface area contributed by atoms with Crippen LogP contribution < -0.4 is 10.6 Å². The van der Waals surface area contributed by atoms with E-state index < -0.39 is 0 Å². The summed E-state index contributed by atoms with van der Waals surface area (Å²) >= 11 is 0. The molecule has 1 saturated heterocycles. The van der Waals surface area contributed by atoms with Crippen LogP contribution in [0, 0.1) is 0 Å². The second-order valence-corrected chi connectivity index (χ2v) is 3.91. The van der Waals surface area contributed by atoms with Crippen LogP contribution in [0.4, 0.5) is 5.69 Å². The molecule has 1 aliphatic rings. The molecule has 3 nitrogen and oxygen atoms in total. The molecule has 1 aromatic carbocycles. The molecule has 0 radical (unpaired) electrons. The van der Waals surface area contributed by atoms with Gasteiger partial charge in [-0.05, 0) is 49.5 Å². The van der Waals surface area contributed by atoms with E-state index in [2.05, 4.69) is 22.8 Å². The first-order chi connectivity index (χ1) is 7.40. The van der Waals surface area contributed by atoms with Gasteiger partial charge >= 0.3 is 0 Å². The largest absolute Gasteiger partial charge is 0.329 e. The Balaban J connectivity index is 2.12. The summed E-state index contributed by atoms with van der Waals surface area (Å²) in [4.78, 5) is 10.3. The van der Waals surface area contributed by atoms with Crippen LogP contribution in [0.2, 0.25) is 0 Å². The molecular formula is C12H16N2O. The minimum Gasteiger partial charge on any atom is -0.329 e. The van der Waals surface area contributed by atoms with E-state index in [4.69, 9.17) is 0 Å². The number of carbonyl (C=O) groups is 1. The predicted octanol–water partition coefficient (Wildman–Crippen LogP) is 1.72. The number of carbonyl (C=O) groups excluding carboxylic acids is 1. The number of benzene rings is 1. The lowest BCUT2D eigenvalue weighted by Crippen LogP contribution is -2.26. The van der Waals surface area contributed by atoms with Crippen LogP contribution >= 0.6 is 0 Å². The first-order valence-electron chi connectivity index (χ1n) is 5.41. The van der Waals surface area contributed by atoms with E-state index in [0.717, 1.165) is 25.2 Å². The highest BCUT2D eigenvalue weighted by molar-refractivity contribution is 5.71. The molecule has 0 spiro atoms. The van der Waals surface area contributed by atoms with Crippen molar-refractivity contribution in [1.29, 1.82) is 0 Å². The van der Waals surface area contributed by atoms with Crippen molar-refractivity contribution in [2.24, 2.45) is 0 Å². The number of piperidine rings is 1. The van der Waals surface area contributed by atoms with Crippen molar-refractivity contribution in [1.82, 2.24) is 5.32 Å². The van der Waals surface area contributed by atoms with E-state index in [1.54, 1.807) is 0 Å². The molecule has 3 heteroatoms. The molecule has 1 aliphatic heterocycles. The average molecular weight is 204 g/mol. The summed E-state index contributed by atoms with van der Waals surface area (Å²) in [6, 6.07) is 8.14. The van der Waals surface area contributed by atoms with Crippen LogP contribution in [0.25, 0.3) is 0 Å². The second-order valence-electron chi connectivity index (χ2n) is 3.91. The van der Waals surface area contributed by atoms with Gasteiger partial charge in [-0.3, -0.25) is 4.79 Å². The highest BCUT2D eigenvalue weighted by Crippen LogP contribution is 2.26. The number of rotatable bonds is 3. The van der Waals surface area contributed by atoms with Gasteiger partial charge in [-0.15, -0.1) is 0 Å². The molecular weight excluding hydrogens is 188 g/mol. The molecule has 1 fully saturated rings. The van der Waals surface area contributed by atoms with Crippen molar-refractivity contribution < 1.29 is 4.79 Å². The molecule has 0 unspecified atom stereocenters. The van der Waals surface area contributed by atoms with Crippen molar-refractivity contribution >= 4 is 12.1 Å². The van der Waals surface area contributed by atoms with Gasteiger partial charge in [0.25, 0.3) is 0 Å². The maximum Gasteiger partial charge on any atom is 0.211 e. The first-order valence-corrected chi connectivity index (χ1v) is 5.41. The standard InChI is InChI=1S/C12H16N2O/c15-9-14-12-3-1-2-11(8-12)10-4-6-13-7-5-10/h1-3,8-10,13H,4-7H2,(H,14,15). The first kappa shape index (κ1) is 10.2. The van der Waals surface area contributed by atoms with E-state index >= 15 is 0 Å². The third-order valence-electron chi connectivity index (χ3n) is 2.92. The predicted molar refractivity (Wildman–Crippen MR) is 61.0 cm³/mol. The lowest BCUT2D eigenvalue weighted by atomic mass is 9.90. The van der Waals surface area contributed by atoms with Gasteiger partial charge in [-0.2, -0.15) is 0 Å². The Kier molecular flexibility index (Phi) is 3.35. The molecule has 1 heterocycles. The summed E-state index contributed by atoms with van der Waals surface area (Å²) in [7, 11) is 0. The average Bonchev–Trinajstić information content (AvgIpc) is 2.31. The molecule has 15 heavy (non-hydrogen) atoms. The number of hydrogen-bond acceptors (Lipinski definition) is 2. The SMILES string of the molecule is O=CNc1cccc(C2CCNCC2)c1. The normalized spacial score (nSPS) is 17.3. The summed E-state index contributed by atoms with van der Waals surface area (Å²) < 4.78 is 0. The second kappa shape index (κ2) is 4.94. The molecule has 1 amide bonds. The number of nitrogens with one attached hydrogen (secondary N) is 2. The Bertz CT molecular complexity index is 332. The highest BCUT2D eigenvalue weighted by atomic mass is 16.1. The van der Waals surface area contributed by atoms with Gasteiger partial charge in [0.1, 0.15) is 0 Å². The molecule has 0 saturated carbocycles. The molecule has 0 aromatic heterocycles. The zero-order valence-electron chi connectivity index (χ0n) is 8.70. The smallest absolute Gasteiger partial charge is 0.211 e. The van der Waals surface area contributed by atoms with Crippen LogP contribution in [-0.4, -0.2) is 19.5 Å². The Morgan fingerprint density at radius 2 is 2.13 bits per heavy atom. The van der Waals surface area contributed by atoms with E-state index in [-0.39, 0.29) is 0 Å². The molecule has 0 aliphatic carbocycles. The van der Waals surface area contributed by atoms with Gasteiger partial charge < -0.3 is 10.6 Å². The van der Waals surface area contributed by atoms with E-state index in [9.17, 15) is 4.79 Å². The Labute approximate surface area is 89.9 Å². The number of anilines is 1. The third-order valence-corrected chi connectivity index (χ3v) is 2.92. The van der Waals surface area contributed by atoms with E-state index in [1.165, 1.54) is 18.4 Å². The van der Waals surface area contributed by atoms with Crippen molar-refractivity contribution in [3.05, 3.63) is 29.8 Å². The van der Waals surface area contributed by atoms with Crippen molar-refractivity contribution in [2.75, 3.05) is 18.4 Å². The van der Waals surface area contributed by atoms with E-state index in [1.807, 2.05) is 12.1 Å². The summed E-state index contributed by atoms with van der Waals surface area (Å²) in [5, 5.41) is 6.04. The van der Waals surface area contributed by atoms with Gasteiger partial charge in [-0.25, -0.2) is 0 Å². The minimum absolute atomic E-state index is 0.639. The fourth-order valence-corrected chi connectivity index (χ4v) is 2.11. The molecule has 0 bridgehead atoms. The molecule has 80 valence electrons. The molecule has 2 N–H and O–H groups in total. The van der Waals surface area contributed by atoms with Crippen LogP contribution in [0.3, 0.4) is 0 Å². The van der Waals surface area contributed by atoms with Crippen molar-refractivity contribution in [3.8, 4) is 0 Å². The lowest BCUT2D eigenvalue weighted by molar-refractivity contribution is -0.105. The van der Waals surface area contributed by atoms with Crippen LogP contribution in [0.15, 0.2) is 24.3 Å². The van der Waals surface area contributed by atoms with Gasteiger partial charge in [0.2, 0.25) is 6.41 Å². The monoisotopic (exact) mass is 204 g/mol.